The molecular weight excluding hydrogens is 192 g/mol. The quantitative estimate of drug-likeness (QED) is 0.746. The lowest BCUT2D eigenvalue weighted by Crippen LogP contribution is -2.43. The van der Waals surface area contributed by atoms with E-state index in [0.29, 0.717) is 5.92 Å². The monoisotopic (exact) mass is 214 g/mol. The smallest absolute Gasteiger partial charge is 0.251 e. The van der Waals surface area contributed by atoms with E-state index in [9.17, 15) is 4.79 Å². The Hall–Kier alpha value is -0.610. The summed E-state index contributed by atoms with van der Waals surface area (Å²) < 4.78 is 5.03. The summed E-state index contributed by atoms with van der Waals surface area (Å²) >= 11 is 0. The van der Waals surface area contributed by atoms with E-state index in [2.05, 4.69) is 0 Å². The standard InChI is InChI=1S/C11H22N2O2/c1-9(15-2)11(14)13-7-4-10(3-6-12)5-8-13/h9-10H,3-8,12H2,1-2H3. The van der Waals surface area contributed by atoms with Gasteiger partial charge in [0.2, 0.25) is 0 Å². The molecule has 1 amide bonds. The van der Waals surface area contributed by atoms with E-state index in [0.717, 1.165) is 38.9 Å². The molecule has 0 aromatic carbocycles. The third kappa shape index (κ3) is 3.47. The first-order valence-corrected chi connectivity index (χ1v) is 5.70. The molecule has 88 valence electrons. The van der Waals surface area contributed by atoms with Gasteiger partial charge < -0.3 is 15.4 Å². The molecule has 1 unspecified atom stereocenters. The number of piperidine rings is 1. The fraction of sp³-hybridized carbons (Fsp3) is 0.909. The highest BCUT2D eigenvalue weighted by molar-refractivity contribution is 5.80. The number of hydrogen-bond acceptors (Lipinski definition) is 3. The molecule has 0 spiro atoms. The largest absolute Gasteiger partial charge is 0.372 e. The Morgan fingerprint density at radius 1 is 1.53 bits per heavy atom. The fourth-order valence-electron chi connectivity index (χ4n) is 2.04. The van der Waals surface area contributed by atoms with Gasteiger partial charge in [0, 0.05) is 20.2 Å². The van der Waals surface area contributed by atoms with Crippen LogP contribution < -0.4 is 5.73 Å². The third-order valence-electron chi connectivity index (χ3n) is 3.20. The van der Waals surface area contributed by atoms with Crippen LogP contribution in [0.1, 0.15) is 26.2 Å². The second kappa shape index (κ2) is 6.08. The average molecular weight is 214 g/mol. The Bertz CT molecular complexity index is 201. The molecule has 2 N–H and O–H groups in total. The van der Waals surface area contributed by atoms with Crippen LogP contribution in [0.3, 0.4) is 0 Å². The number of likely N-dealkylation sites (tertiary alicyclic amines) is 1. The van der Waals surface area contributed by atoms with Gasteiger partial charge in [0.05, 0.1) is 0 Å². The zero-order valence-electron chi connectivity index (χ0n) is 9.74. The Kier molecular flexibility index (Phi) is 5.05. The molecule has 1 saturated heterocycles. The Morgan fingerprint density at radius 2 is 2.13 bits per heavy atom. The van der Waals surface area contributed by atoms with Crippen LogP contribution in [0.15, 0.2) is 0 Å². The minimum atomic E-state index is -0.309. The van der Waals surface area contributed by atoms with Crippen LogP contribution in [0.5, 0.6) is 0 Å². The van der Waals surface area contributed by atoms with E-state index in [-0.39, 0.29) is 12.0 Å². The maximum atomic E-state index is 11.8. The number of carbonyl (C=O) groups is 1. The molecule has 1 atom stereocenters. The summed E-state index contributed by atoms with van der Waals surface area (Å²) in [4.78, 5) is 13.7. The van der Waals surface area contributed by atoms with Crippen molar-refractivity contribution >= 4 is 5.91 Å². The van der Waals surface area contributed by atoms with E-state index < -0.39 is 0 Å². The lowest BCUT2D eigenvalue weighted by molar-refractivity contribution is -0.142. The van der Waals surface area contributed by atoms with Gasteiger partial charge in [-0.2, -0.15) is 0 Å². The van der Waals surface area contributed by atoms with Crippen molar-refractivity contribution in [1.29, 1.82) is 0 Å². The van der Waals surface area contributed by atoms with Crippen LogP contribution in [-0.2, 0) is 9.53 Å². The Balaban J connectivity index is 2.33. The van der Waals surface area contributed by atoms with E-state index >= 15 is 0 Å². The summed E-state index contributed by atoms with van der Waals surface area (Å²) in [6.45, 7) is 4.27. The topological polar surface area (TPSA) is 55.6 Å². The van der Waals surface area contributed by atoms with Gasteiger partial charge in [-0.3, -0.25) is 4.79 Å². The number of rotatable bonds is 4. The Morgan fingerprint density at radius 3 is 2.60 bits per heavy atom. The number of amides is 1. The van der Waals surface area contributed by atoms with Crippen LogP contribution >= 0.6 is 0 Å². The molecule has 1 fully saturated rings. The summed E-state index contributed by atoms with van der Waals surface area (Å²) in [5, 5.41) is 0. The van der Waals surface area contributed by atoms with Crippen molar-refractivity contribution in [1.82, 2.24) is 4.90 Å². The van der Waals surface area contributed by atoms with Gasteiger partial charge in [0.15, 0.2) is 0 Å². The van der Waals surface area contributed by atoms with Crippen molar-refractivity contribution < 1.29 is 9.53 Å². The molecule has 0 radical (unpaired) electrons. The molecule has 0 aliphatic carbocycles. The molecule has 1 aliphatic rings. The second-order valence-corrected chi connectivity index (χ2v) is 4.22. The van der Waals surface area contributed by atoms with E-state index in [1.165, 1.54) is 0 Å². The van der Waals surface area contributed by atoms with Crippen molar-refractivity contribution in [3.63, 3.8) is 0 Å². The summed E-state index contributed by atoms with van der Waals surface area (Å²) in [6.07, 6.45) is 2.94. The van der Waals surface area contributed by atoms with E-state index in [1.807, 2.05) is 4.90 Å². The highest BCUT2D eigenvalue weighted by Gasteiger charge is 2.25. The molecular formula is C11H22N2O2. The summed E-state index contributed by atoms with van der Waals surface area (Å²) in [5.41, 5.74) is 5.52. The van der Waals surface area contributed by atoms with Crippen LogP contribution in [0.2, 0.25) is 0 Å². The van der Waals surface area contributed by atoms with E-state index in [1.54, 1.807) is 14.0 Å². The molecule has 1 rings (SSSR count). The molecule has 1 heterocycles. The predicted molar refractivity (Wildman–Crippen MR) is 59.4 cm³/mol. The second-order valence-electron chi connectivity index (χ2n) is 4.22. The molecule has 0 saturated carbocycles. The number of methoxy groups -OCH3 is 1. The van der Waals surface area contributed by atoms with Crippen molar-refractivity contribution in [3.8, 4) is 0 Å². The summed E-state index contributed by atoms with van der Waals surface area (Å²) in [6, 6.07) is 0. The zero-order chi connectivity index (χ0) is 11.3. The van der Waals surface area contributed by atoms with Gasteiger partial charge in [-0.1, -0.05) is 0 Å². The van der Waals surface area contributed by atoms with Crippen molar-refractivity contribution in [2.24, 2.45) is 11.7 Å². The number of nitrogens with zero attached hydrogens (tertiary/aromatic N) is 1. The van der Waals surface area contributed by atoms with Gasteiger partial charge in [-0.25, -0.2) is 0 Å². The minimum absolute atomic E-state index is 0.115. The molecule has 15 heavy (non-hydrogen) atoms. The number of hydrogen-bond donors (Lipinski definition) is 1. The zero-order valence-corrected chi connectivity index (χ0v) is 9.74. The highest BCUT2D eigenvalue weighted by atomic mass is 16.5. The maximum absolute atomic E-state index is 11.8. The van der Waals surface area contributed by atoms with Gasteiger partial charge in [0.25, 0.3) is 5.91 Å². The molecule has 0 aromatic heterocycles. The normalized spacial score (nSPS) is 20.3. The lowest BCUT2D eigenvalue weighted by atomic mass is 9.93. The molecule has 4 heteroatoms. The van der Waals surface area contributed by atoms with Crippen LogP contribution in [-0.4, -0.2) is 43.7 Å². The van der Waals surface area contributed by atoms with Crippen LogP contribution in [0, 0.1) is 5.92 Å². The van der Waals surface area contributed by atoms with E-state index in [4.69, 9.17) is 10.5 Å². The van der Waals surface area contributed by atoms with Gasteiger partial charge >= 0.3 is 0 Å². The van der Waals surface area contributed by atoms with Crippen molar-refractivity contribution in [2.75, 3.05) is 26.7 Å². The lowest BCUT2D eigenvalue weighted by Gasteiger charge is -2.33. The number of nitrogens with two attached hydrogens (primary N) is 1. The van der Waals surface area contributed by atoms with Crippen molar-refractivity contribution in [2.45, 2.75) is 32.3 Å². The first-order chi connectivity index (χ1) is 7.19. The minimum Gasteiger partial charge on any atom is -0.372 e. The Labute approximate surface area is 91.8 Å². The van der Waals surface area contributed by atoms with Crippen LogP contribution in [0.4, 0.5) is 0 Å². The first kappa shape index (κ1) is 12.5. The number of carbonyl (C=O) groups excluding carboxylic acids is 1. The van der Waals surface area contributed by atoms with Crippen molar-refractivity contribution in [3.05, 3.63) is 0 Å². The van der Waals surface area contributed by atoms with Crippen LogP contribution in [0.25, 0.3) is 0 Å². The molecule has 0 aromatic rings. The summed E-state index contributed by atoms with van der Waals surface area (Å²) in [5.74, 6) is 0.820. The molecule has 0 bridgehead atoms. The first-order valence-electron chi connectivity index (χ1n) is 5.70. The highest BCUT2D eigenvalue weighted by Crippen LogP contribution is 2.20. The average Bonchev–Trinajstić information content (AvgIpc) is 2.28. The predicted octanol–water partition coefficient (Wildman–Crippen LogP) is 0.609. The summed E-state index contributed by atoms with van der Waals surface area (Å²) in [7, 11) is 1.57. The third-order valence-corrected chi connectivity index (χ3v) is 3.20. The molecule has 1 aliphatic heterocycles. The fourth-order valence-corrected chi connectivity index (χ4v) is 2.04. The maximum Gasteiger partial charge on any atom is 0.251 e. The van der Waals surface area contributed by atoms with Gasteiger partial charge in [-0.15, -0.1) is 0 Å². The molecule has 4 nitrogen and oxygen atoms in total. The number of ether oxygens (including phenoxy) is 1. The van der Waals surface area contributed by atoms with Gasteiger partial charge in [0.1, 0.15) is 6.10 Å². The van der Waals surface area contributed by atoms with Gasteiger partial charge in [-0.05, 0) is 38.6 Å². The SMILES string of the molecule is COC(C)C(=O)N1CCC(CCN)CC1.